The number of aromatic nitrogens is 1. The van der Waals surface area contributed by atoms with Crippen molar-refractivity contribution in [3.05, 3.63) is 45.8 Å². The number of nitrogens with zero attached hydrogens (tertiary/aromatic N) is 2. The van der Waals surface area contributed by atoms with Crippen LogP contribution in [0.5, 0.6) is 0 Å². The molecule has 1 amide bonds. The number of aryl methyl sites for hydroxylation is 1. The van der Waals surface area contributed by atoms with E-state index >= 15 is 0 Å². The molecule has 1 saturated heterocycles. The second kappa shape index (κ2) is 6.43. The lowest BCUT2D eigenvalue weighted by Gasteiger charge is -2.18. The summed E-state index contributed by atoms with van der Waals surface area (Å²) in [5.74, 6) is 0.382. The normalized spacial score (nSPS) is 18.0. The van der Waals surface area contributed by atoms with Gasteiger partial charge in [0.1, 0.15) is 5.82 Å². The van der Waals surface area contributed by atoms with Crippen LogP contribution in [0.3, 0.4) is 0 Å². The number of carbonyl (C=O) groups is 1. The van der Waals surface area contributed by atoms with Crippen LogP contribution >= 0.6 is 11.3 Å². The van der Waals surface area contributed by atoms with Gasteiger partial charge in [-0.05, 0) is 42.5 Å². The highest BCUT2D eigenvalue weighted by Crippen LogP contribution is 2.30. The van der Waals surface area contributed by atoms with E-state index in [9.17, 15) is 18.0 Å². The number of carbonyl (C=O) groups excluding carboxylic acids is 1. The van der Waals surface area contributed by atoms with Crippen molar-refractivity contribution >= 4 is 23.1 Å². The summed E-state index contributed by atoms with van der Waals surface area (Å²) in [4.78, 5) is 18.6. The van der Waals surface area contributed by atoms with E-state index in [2.05, 4.69) is 10.3 Å². The molecule has 0 spiro atoms. The molecule has 0 aromatic carbocycles. The average Bonchev–Trinajstić information content (AvgIpc) is 3.16. The van der Waals surface area contributed by atoms with E-state index in [0.717, 1.165) is 24.2 Å². The molecule has 0 bridgehead atoms. The van der Waals surface area contributed by atoms with Gasteiger partial charge in [0.15, 0.2) is 0 Å². The van der Waals surface area contributed by atoms with E-state index in [0.29, 0.717) is 23.8 Å². The van der Waals surface area contributed by atoms with Gasteiger partial charge in [-0.1, -0.05) is 0 Å². The smallest absolute Gasteiger partial charge is 0.354 e. The highest BCUT2D eigenvalue weighted by atomic mass is 32.1. The van der Waals surface area contributed by atoms with Crippen LogP contribution in [0.15, 0.2) is 29.8 Å². The Morgan fingerprint density at radius 3 is 2.79 bits per heavy atom. The number of halogens is 3. The first-order valence-electron chi connectivity index (χ1n) is 7.47. The third kappa shape index (κ3) is 3.69. The molecular formula is C16H16F3N3OS. The minimum absolute atomic E-state index is 0.0380. The highest BCUT2D eigenvalue weighted by Gasteiger charge is 2.31. The average molecular weight is 355 g/mol. The number of pyridine rings is 1. The number of hydrogen-bond donors (Lipinski definition) is 1. The minimum atomic E-state index is -4.38. The fourth-order valence-electron chi connectivity index (χ4n) is 2.63. The van der Waals surface area contributed by atoms with Gasteiger partial charge >= 0.3 is 6.18 Å². The second-order valence-corrected chi connectivity index (χ2v) is 6.71. The molecule has 1 aliphatic rings. The Morgan fingerprint density at radius 2 is 2.21 bits per heavy atom. The van der Waals surface area contributed by atoms with Gasteiger partial charge in [0, 0.05) is 25.3 Å². The van der Waals surface area contributed by atoms with Gasteiger partial charge in [0.05, 0.1) is 10.4 Å². The third-order valence-corrected chi connectivity index (χ3v) is 4.92. The summed E-state index contributed by atoms with van der Waals surface area (Å²) in [7, 11) is 0. The molecular weight excluding hydrogens is 339 g/mol. The van der Waals surface area contributed by atoms with Crippen molar-refractivity contribution in [3.8, 4) is 0 Å². The van der Waals surface area contributed by atoms with E-state index in [1.165, 1.54) is 17.4 Å². The first-order valence-corrected chi connectivity index (χ1v) is 8.35. The lowest BCUT2D eigenvalue weighted by molar-refractivity contribution is -0.137. The summed E-state index contributed by atoms with van der Waals surface area (Å²) in [5.41, 5.74) is 0.288. The molecule has 1 fully saturated rings. The summed E-state index contributed by atoms with van der Waals surface area (Å²) in [6.45, 7) is 3.11. The van der Waals surface area contributed by atoms with E-state index in [1.54, 1.807) is 0 Å². The van der Waals surface area contributed by atoms with Gasteiger partial charge in [-0.3, -0.25) is 4.79 Å². The summed E-state index contributed by atoms with van der Waals surface area (Å²) < 4.78 is 37.7. The fourth-order valence-corrected chi connectivity index (χ4v) is 3.43. The zero-order valence-corrected chi connectivity index (χ0v) is 13.7. The molecule has 3 rings (SSSR count). The van der Waals surface area contributed by atoms with Crippen molar-refractivity contribution in [1.29, 1.82) is 0 Å². The maximum atomic E-state index is 12.6. The van der Waals surface area contributed by atoms with Crippen molar-refractivity contribution in [1.82, 2.24) is 10.3 Å². The Labute approximate surface area is 141 Å². The Hall–Kier alpha value is -2.09. The fraction of sp³-hybridized carbons (Fsp3) is 0.375. The molecule has 0 aliphatic carbocycles. The lowest BCUT2D eigenvalue weighted by Crippen LogP contribution is -2.36. The van der Waals surface area contributed by atoms with Crippen LogP contribution in [0.1, 0.15) is 27.2 Å². The van der Waals surface area contributed by atoms with Crippen molar-refractivity contribution in [3.63, 3.8) is 0 Å². The molecule has 0 saturated carbocycles. The molecule has 2 aromatic heterocycles. The van der Waals surface area contributed by atoms with Gasteiger partial charge in [-0.2, -0.15) is 13.2 Å². The molecule has 8 heteroatoms. The number of anilines is 1. The third-order valence-electron chi connectivity index (χ3n) is 3.88. The summed E-state index contributed by atoms with van der Waals surface area (Å²) in [6.07, 6.45) is -2.81. The molecule has 0 radical (unpaired) electrons. The van der Waals surface area contributed by atoms with Gasteiger partial charge < -0.3 is 10.2 Å². The van der Waals surface area contributed by atoms with Crippen LogP contribution in [0.4, 0.5) is 19.0 Å². The Bertz CT molecular complexity index is 727. The predicted molar refractivity (Wildman–Crippen MR) is 86.4 cm³/mol. The summed E-state index contributed by atoms with van der Waals surface area (Å²) in [5, 5.41) is 4.88. The van der Waals surface area contributed by atoms with E-state index < -0.39 is 11.7 Å². The molecule has 1 atom stereocenters. The quantitative estimate of drug-likeness (QED) is 0.917. The molecule has 4 nitrogen and oxygen atoms in total. The van der Waals surface area contributed by atoms with Crippen molar-refractivity contribution in [2.45, 2.75) is 25.6 Å². The van der Waals surface area contributed by atoms with Gasteiger partial charge in [0.2, 0.25) is 0 Å². The number of rotatable bonds is 3. The maximum Gasteiger partial charge on any atom is 0.417 e. The summed E-state index contributed by atoms with van der Waals surface area (Å²) >= 11 is 1.40. The highest BCUT2D eigenvalue weighted by molar-refractivity contribution is 7.12. The lowest BCUT2D eigenvalue weighted by atomic mass is 10.2. The van der Waals surface area contributed by atoms with Gasteiger partial charge in [-0.15, -0.1) is 11.3 Å². The monoisotopic (exact) mass is 355 g/mol. The standard InChI is InChI=1S/C16H16F3N3OS/c1-10-6-13(24-9-10)15(23)21-12-4-5-22(8-12)14-3-2-11(7-20-14)16(17,18)19/h2-3,6-7,9,12H,4-5,8H2,1H3,(H,21,23). The van der Waals surface area contributed by atoms with E-state index in [-0.39, 0.29) is 11.9 Å². The number of amides is 1. The zero-order chi connectivity index (χ0) is 17.3. The molecule has 3 heterocycles. The molecule has 1 N–H and O–H groups in total. The van der Waals surface area contributed by atoms with Gasteiger partial charge in [0.25, 0.3) is 5.91 Å². The zero-order valence-electron chi connectivity index (χ0n) is 12.9. The topological polar surface area (TPSA) is 45.2 Å². The Morgan fingerprint density at radius 1 is 1.42 bits per heavy atom. The largest absolute Gasteiger partial charge is 0.417 e. The van der Waals surface area contributed by atoms with E-state index in [1.807, 2.05) is 23.3 Å². The predicted octanol–water partition coefficient (Wildman–Crippen LogP) is 3.48. The van der Waals surface area contributed by atoms with Crippen LogP contribution in [0, 0.1) is 6.92 Å². The van der Waals surface area contributed by atoms with Crippen LogP contribution in [-0.2, 0) is 6.18 Å². The van der Waals surface area contributed by atoms with Crippen LogP contribution in [0.25, 0.3) is 0 Å². The Kier molecular flexibility index (Phi) is 4.49. The summed E-state index contributed by atoms with van der Waals surface area (Å²) in [6, 6.07) is 4.20. The molecule has 2 aromatic rings. The molecule has 128 valence electrons. The first-order chi connectivity index (χ1) is 11.3. The minimum Gasteiger partial charge on any atom is -0.354 e. The van der Waals surface area contributed by atoms with Gasteiger partial charge in [-0.25, -0.2) is 4.98 Å². The van der Waals surface area contributed by atoms with E-state index in [4.69, 9.17) is 0 Å². The number of thiophene rings is 1. The maximum absolute atomic E-state index is 12.6. The second-order valence-electron chi connectivity index (χ2n) is 5.80. The molecule has 24 heavy (non-hydrogen) atoms. The molecule has 1 aliphatic heterocycles. The molecule has 1 unspecified atom stereocenters. The first kappa shape index (κ1) is 16.8. The number of alkyl halides is 3. The van der Waals surface area contributed by atoms with Crippen LogP contribution in [0.2, 0.25) is 0 Å². The number of hydrogen-bond acceptors (Lipinski definition) is 4. The van der Waals surface area contributed by atoms with Crippen molar-refractivity contribution in [2.75, 3.05) is 18.0 Å². The van der Waals surface area contributed by atoms with Crippen molar-refractivity contribution < 1.29 is 18.0 Å². The van der Waals surface area contributed by atoms with Crippen LogP contribution < -0.4 is 10.2 Å². The SMILES string of the molecule is Cc1csc(C(=O)NC2CCN(c3ccc(C(F)(F)F)cn3)C2)c1. The van der Waals surface area contributed by atoms with Crippen LogP contribution in [-0.4, -0.2) is 30.0 Å². The Balaban J connectivity index is 1.60. The van der Waals surface area contributed by atoms with Crippen molar-refractivity contribution in [2.24, 2.45) is 0 Å². The number of nitrogens with one attached hydrogen (secondary N) is 1.